The highest BCUT2D eigenvalue weighted by molar-refractivity contribution is 7.80. The Morgan fingerprint density at radius 1 is 1.21 bits per heavy atom. The summed E-state index contributed by atoms with van der Waals surface area (Å²) in [5, 5.41) is 0. The van der Waals surface area contributed by atoms with E-state index in [0.29, 0.717) is 4.99 Å². The van der Waals surface area contributed by atoms with Crippen LogP contribution < -0.4 is 10.6 Å². The van der Waals surface area contributed by atoms with Gasteiger partial charge in [0.25, 0.3) is 0 Å². The Morgan fingerprint density at radius 2 is 1.95 bits per heavy atom. The summed E-state index contributed by atoms with van der Waals surface area (Å²) in [6.45, 7) is 2.72. The Kier molecular flexibility index (Phi) is 4.12. The zero-order chi connectivity index (χ0) is 13.8. The lowest BCUT2D eigenvalue weighted by atomic mass is 10.1. The van der Waals surface area contributed by atoms with Gasteiger partial charge in [0.15, 0.2) is 0 Å². The van der Waals surface area contributed by atoms with Gasteiger partial charge in [-0.3, -0.25) is 4.98 Å². The van der Waals surface area contributed by atoms with Gasteiger partial charge in [-0.25, -0.2) is 0 Å². The average molecular weight is 271 g/mol. The topological polar surface area (TPSA) is 42.1 Å². The number of hydrogen-bond donors (Lipinski definition) is 1. The maximum atomic E-state index is 5.76. The lowest BCUT2D eigenvalue weighted by Crippen LogP contribution is -2.22. The van der Waals surface area contributed by atoms with Crippen molar-refractivity contribution in [1.29, 1.82) is 0 Å². The molecule has 0 amide bonds. The molecule has 0 bridgehead atoms. The molecule has 0 radical (unpaired) electrons. The number of thiocarbonyl (C=S) groups is 1. The molecule has 19 heavy (non-hydrogen) atoms. The minimum absolute atomic E-state index is 0.416. The van der Waals surface area contributed by atoms with Gasteiger partial charge in [0, 0.05) is 24.0 Å². The van der Waals surface area contributed by atoms with E-state index < -0.39 is 0 Å². The predicted octanol–water partition coefficient (Wildman–Crippen LogP) is 2.66. The first-order chi connectivity index (χ1) is 9.08. The van der Waals surface area contributed by atoms with Crippen LogP contribution in [-0.4, -0.2) is 17.0 Å². The van der Waals surface area contributed by atoms with Gasteiger partial charge in [-0.2, -0.15) is 0 Å². The molecule has 2 rings (SSSR count). The SMILES string of the molecule is Cc1cccc(CN(C)c2ccccc2C(N)=S)n1. The van der Waals surface area contributed by atoms with Crippen LogP contribution in [0.2, 0.25) is 0 Å². The molecule has 0 unspecified atom stereocenters. The van der Waals surface area contributed by atoms with E-state index in [1.165, 1.54) is 0 Å². The molecule has 0 spiro atoms. The van der Waals surface area contributed by atoms with Crippen molar-refractivity contribution in [3.05, 3.63) is 59.4 Å². The van der Waals surface area contributed by atoms with Crippen molar-refractivity contribution in [2.24, 2.45) is 5.73 Å². The van der Waals surface area contributed by atoms with Gasteiger partial charge in [0.05, 0.1) is 12.2 Å². The summed E-state index contributed by atoms with van der Waals surface area (Å²) in [6, 6.07) is 13.9. The fourth-order valence-corrected chi connectivity index (χ4v) is 2.20. The molecule has 0 aliphatic carbocycles. The second-order valence-electron chi connectivity index (χ2n) is 4.51. The van der Waals surface area contributed by atoms with Crippen LogP contribution >= 0.6 is 12.2 Å². The first kappa shape index (κ1) is 13.5. The minimum Gasteiger partial charge on any atom is -0.389 e. The van der Waals surface area contributed by atoms with E-state index in [4.69, 9.17) is 18.0 Å². The summed E-state index contributed by atoms with van der Waals surface area (Å²) in [5.41, 5.74) is 9.73. The summed E-state index contributed by atoms with van der Waals surface area (Å²) >= 11 is 5.09. The second kappa shape index (κ2) is 5.80. The highest BCUT2D eigenvalue weighted by Crippen LogP contribution is 2.20. The van der Waals surface area contributed by atoms with Crippen LogP contribution in [0.15, 0.2) is 42.5 Å². The van der Waals surface area contributed by atoms with Crippen LogP contribution in [0.4, 0.5) is 5.69 Å². The third-order valence-corrected chi connectivity index (χ3v) is 3.15. The molecule has 0 saturated heterocycles. The number of hydrogen-bond acceptors (Lipinski definition) is 3. The Bertz CT molecular complexity index is 595. The molecule has 0 atom stereocenters. The van der Waals surface area contributed by atoms with Crippen LogP contribution in [0.1, 0.15) is 17.0 Å². The standard InChI is InChI=1S/C15H17N3S/c1-11-6-5-7-12(17-11)10-18(2)14-9-4-3-8-13(14)15(16)19/h3-9H,10H2,1-2H3,(H2,16,19). The second-order valence-corrected chi connectivity index (χ2v) is 4.95. The van der Waals surface area contributed by atoms with Crippen molar-refractivity contribution in [2.45, 2.75) is 13.5 Å². The number of para-hydroxylation sites is 1. The van der Waals surface area contributed by atoms with E-state index in [9.17, 15) is 0 Å². The van der Waals surface area contributed by atoms with Gasteiger partial charge >= 0.3 is 0 Å². The summed E-state index contributed by atoms with van der Waals surface area (Å²) < 4.78 is 0. The van der Waals surface area contributed by atoms with Gasteiger partial charge in [-0.1, -0.05) is 30.4 Å². The summed E-state index contributed by atoms with van der Waals surface area (Å²) in [7, 11) is 2.02. The largest absolute Gasteiger partial charge is 0.389 e. The van der Waals surface area contributed by atoms with Crippen LogP contribution in [0.25, 0.3) is 0 Å². The highest BCUT2D eigenvalue weighted by Gasteiger charge is 2.09. The number of aryl methyl sites for hydroxylation is 1. The number of benzene rings is 1. The molecule has 1 aromatic carbocycles. The molecule has 2 aromatic rings. The van der Waals surface area contributed by atoms with Crippen LogP contribution in [-0.2, 0) is 6.54 Å². The first-order valence-corrected chi connectivity index (χ1v) is 6.51. The van der Waals surface area contributed by atoms with E-state index in [-0.39, 0.29) is 0 Å². The van der Waals surface area contributed by atoms with Gasteiger partial charge in [-0.15, -0.1) is 0 Å². The van der Waals surface area contributed by atoms with Crippen molar-refractivity contribution >= 4 is 22.9 Å². The van der Waals surface area contributed by atoms with E-state index in [1.54, 1.807) is 0 Å². The number of aromatic nitrogens is 1. The Hall–Kier alpha value is -1.94. The van der Waals surface area contributed by atoms with Crippen LogP contribution in [0.5, 0.6) is 0 Å². The lowest BCUT2D eigenvalue weighted by molar-refractivity contribution is 0.876. The zero-order valence-electron chi connectivity index (χ0n) is 11.1. The average Bonchev–Trinajstić information content (AvgIpc) is 2.38. The molecule has 2 N–H and O–H groups in total. The Morgan fingerprint density at radius 3 is 2.63 bits per heavy atom. The van der Waals surface area contributed by atoms with Gasteiger partial charge < -0.3 is 10.6 Å². The Balaban J connectivity index is 2.25. The monoisotopic (exact) mass is 271 g/mol. The molecule has 98 valence electrons. The molecule has 0 aliphatic heterocycles. The van der Waals surface area contributed by atoms with Crippen LogP contribution in [0.3, 0.4) is 0 Å². The molecule has 3 nitrogen and oxygen atoms in total. The fraction of sp³-hybridized carbons (Fsp3) is 0.200. The van der Waals surface area contributed by atoms with E-state index in [0.717, 1.165) is 29.2 Å². The number of rotatable bonds is 4. The van der Waals surface area contributed by atoms with Crippen LogP contribution in [0, 0.1) is 6.92 Å². The summed E-state index contributed by atoms with van der Waals surface area (Å²) in [4.78, 5) is 7.03. The summed E-state index contributed by atoms with van der Waals surface area (Å²) in [5.74, 6) is 0. The normalized spacial score (nSPS) is 10.2. The molecule has 0 fully saturated rings. The lowest BCUT2D eigenvalue weighted by Gasteiger charge is -2.21. The molecule has 1 aromatic heterocycles. The maximum absolute atomic E-state index is 5.76. The highest BCUT2D eigenvalue weighted by atomic mass is 32.1. The molecule has 0 saturated carbocycles. The number of pyridine rings is 1. The smallest absolute Gasteiger partial charge is 0.106 e. The Labute approximate surface area is 119 Å². The number of nitrogens with two attached hydrogens (primary N) is 1. The predicted molar refractivity (Wildman–Crippen MR) is 83.4 cm³/mol. The van der Waals surface area contributed by atoms with Crippen molar-refractivity contribution in [2.75, 3.05) is 11.9 Å². The van der Waals surface area contributed by atoms with E-state index in [1.807, 2.05) is 56.4 Å². The minimum atomic E-state index is 0.416. The van der Waals surface area contributed by atoms with Crippen molar-refractivity contribution < 1.29 is 0 Å². The molecule has 4 heteroatoms. The van der Waals surface area contributed by atoms with Crippen molar-refractivity contribution in [1.82, 2.24) is 4.98 Å². The van der Waals surface area contributed by atoms with Gasteiger partial charge in [0.2, 0.25) is 0 Å². The van der Waals surface area contributed by atoms with E-state index in [2.05, 4.69) is 9.88 Å². The molecule has 0 aliphatic rings. The molecular weight excluding hydrogens is 254 g/mol. The van der Waals surface area contributed by atoms with Crippen molar-refractivity contribution in [3.63, 3.8) is 0 Å². The van der Waals surface area contributed by atoms with Crippen molar-refractivity contribution in [3.8, 4) is 0 Å². The van der Waals surface area contributed by atoms with Gasteiger partial charge in [0.1, 0.15) is 4.99 Å². The molecular formula is C15H17N3S. The van der Waals surface area contributed by atoms with Gasteiger partial charge in [-0.05, 0) is 31.2 Å². The fourth-order valence-electron chi connectivity index (χ4n) is 2.03. The number of nitrogens with zero attached hydrogens (tertiary/aromatic N) is 2. The first-order valence-electron chi connectivity index (χ1n) is 6.10. The quantitative estimate of drug-likeness (QED) is 0.868. The third kappa shape index (κ3) is 3.29. The summed E-state index contributed by atoms with van der Waals surface area (Å²) in [6.07, 6.45) is 0. The zero-order valence-corrected chi connectivity index (χ0v) is 11.9. The van der Waals surface area contributed by atoms with E-state index >= 15 is 0 Å². The maximum Gasteiger partial charge on any atom is 0.106 e. The number of anilines is 1. The third-order valence-electron chi connectivity index (χ3n) is 2.93. The molecule has 1 heterocycles.